The fourth-order valence-electron chi connectivity index (χ4n) is 2.10. The van der Waals surface area contributed by atoms with Gasteiger partial charge in [-0.05, 0) is 62.7 Å². The molecule has 0 aliphatic carbocycles. The van der Waals surface area contributed by atoms with E-state index >= 15 is 0 Å². The van der Waals surface area contributed by atoms with Crippen molar-refractivity contribution in [2.75, 3.05) is 7.05 Å². The Balaban J connectivity index is 2.50. The second-order valence-corrected chi connectivity index (χ2v) is 6.43. The Kier molecular flexibility index (Phi) is 4.29. The van der Waals surface area contributed by atoms with E-state index in [0.717, 1.165) is 5.56 Å². The van der Waals surface area contributed by atoms with E-state index in [1.807, 2.05) is 13.1 Å². The van der Waals surface area contributed by atoms with Crippen LogP contribution in [0.5, 0.6) is 0 Å². The van der Waals surface area contributed by atoms with Gasteiger partial charge in [0.1, 0.15) is 5.82 Å². The van der Waals surface area contributed by atoms with Crippen molar-refractivity contribution in [3.05, 3.63) is 55.5 Å². The molecule has 1 aromatic heterocycles. The molecule has 0 saturated heterocycles. The summed E-state index contributed by atoms with van der Waals surface area (Å²) < 4.78 is 13.5. The molecule has 0 amide bonds. The molecule has 19 heavy (non-hydrogen) atoms. The number of hydrogen-bond acceptors (Lipinski definition) is 2. The third-order valence-corrected chi connectivity index (χ3v) is 4.89. The molecule has 1 atom stereocenters. The normalized spacial score (nSPS) is 12.7. The van der Waals surface area contributed by atoms with Crippen molar-refractivity contribution < 1.29 is 4.39 Å². The van der Waals surface area contributed by atoms with E-state index in [9.17, 15) is 4.39 Å². The molecule has 0 aliphatic heterocycles. The first-order valence-electron chi connectivity index (χ1n) is 6.13. The fourth-order valence-corrected chi connectivity index (χ4v) is 3.53. The monoisotopic (exact) mass is 297 g/mol. The quantitative estimate of drug-likeness (QED) is 0.860. The molecule has 0 bridgehead atoms. The zero-order valence-electron chi connectivity index (χ0n) is 11.5. The summed E-state index contributed by atoms with van der Waals surface area (Å²) in [5.74, 6) is -0.262. The van der Waals surface area contributed by atoms with Crippen molar-refractivity contribution in [1.29, 1.82) is 0 Å². The molecule has 4 heteroatoms. The SMILES string of the molecule is CNC(c1cc(C)c(C)s1)c1cc(C)c(F)cc1Cl. The van der Waals surface area contributed by atoms with E-state index in [-0.39, 0.29) is 11.9 Å². The molecule has 1 nitrogen and oxygen atoms in total. The minimum atomic E-state index is -0.262. The lowest BCUT2D eigenvalue weighted by molar-refractivity contribution is 0.614. The van der Waals surface area contributed by atoms with E-state index < -0.39 is 0 Å². The van der Waals surface area contributed by atoms with Gasteiger partial charge in [-0.2, -0.15) is 0 Å². The van der Waals surface area contributed by atoms with Crippen LogP contribution in [0.2, 0.25) is 5.02 Å². The lowest BCUT2D eigenvalue weighted by atomic mass is 10.0. The van der Waals surface area contributed by atoms with Crippen LogP contribution in [-0.2, 0) is 0 Å². The Hall–Kier alpha value is -0.900. The molecule has 1 unspecified atom stereocenters. The number of rotatable bonds is 3. The summed E-state index contributed by atoms with van der Waals surface area (Å²) in [5.41, 5.74) is 2.81. The van der Waals surface area contributed by atoms with Gasteiger partial charge < -0.3 is 5.32 Å². The van der Waals surface area contributed by atoms with E-state index in [4.69, 9.17) is 11.6 Å². The van der Waals surface area contributed by atoms with Crippen LogP contribution in [0.3, 0.4) is 0 Å². The van der Waals surface area contributed by atoms with Crippen LogP contribution in [0.25, 0.3) is 0 Å². The van der Waals surface area contributed by atoms with Gasteiger partial charge in [-0.25, -0.2) is 4.39 Å². The van der Waals surface area contributed by atoms with Crippen LogP contribution in [-0.4, -0.2) is 7.05 Å². The number of thiophene rings is 1. The highest BCUT2D eigenvalue weighted by atomic mass is 35.5. The largest absolute Gasteiger partial charge is 0.309 e. The lowest BCUT2D eigenvalue weighted by Crippen LogP contribution is -2.17. The maximum atomic E-state index is 13.5. The minimum Gasteiger partial charge on any atom is -0.309 e. The van der Waals surface area contributed by atoms with E-state index in [1.165, 1.54) is 21.4 Å². The van der Waals surface area contributed by atoms with Gasteiger partial charge in [0, 0.05) is 14.8 Å². The van der Waals surface area contributed by atoms with Crippen molar-refractivity contribution >= 4 is 22.9 Å². The first kappa shape index (κ1) is 14.5. The van der Waals surface area contributed by atoms with Gasteiger partial charge in [-0.15, -0.1) is 11.3 Å². The van der Waals surface area contributed by atoms with Crippen molar-refractivity contribution in [2.24, 2.45) is 0 Å². The van der Waals surface area contributed by atoms with Gasteiger partial charge in [-0.1, -0.05) is 11.6 Å². The highest BCUT2D eigenvalue weighted by molar-refractivity contribution is 7.12. The third kappa shape index (κ3) is 2.83. The fraction of sp³-hybridized carbons (Fsp3) is 0.333. The number of hydrogen-bond donors (Lipinski definition) is 1. The number of halogens is 2. The van der Waals surface area contributed by atoms with Crippen molar-refractivity contribution in [3.8, 4) is 0 Å². The summed E-state index contributed by atoms with van der Waals surface area (Å²) in [6.07, 6.45) is 0. The lowest BCUT2D eigenvalue weighted by Gasteiger charge is -2.17. The van der Waals surface area contributed by atoms with Crippen molar-refractivity contribution in [3.63, 3.8) is 0 Å². The van der Waals surface area contributed by atoms with Crippen molar-refractivity contribution in [1.82, 2.24) is 5.32 Å². The maximum Gasteiger partial charge on any atom is 0.127 e. The van der Waals surface area contributed by atoms with Crippen molar-refractivity contribution in [2.45, 2.75) is 26.8 Å². The molecule has 0 spiro atoms. The Morgan fingerprint density at radius 3 is 2.37 bits per heavy atom. The first-order valence-corrected chi connectivity index (χ1v) is 7.33. The van der Waals surface area contributed by atoms with Gasteiger partial charge in [0.15, 0.2) is 0 Å². The first-order chi connectivity index (χ1) is 8.93. The highest BCUT2D eigenvalue weighted by Gasteiger charge is 2.19. The Labute approximate surface area is 122 Å². The van der Waals surface area contributed by atoms with Gasteiger partial charge in [-0.3, -0.25) is 0 Å². The molecule has 0 saturated carbocycles. The number of aryl methyl sites for hydroxylation is 3. The molecule has 1 heterocycles. The molecule has 1 N–H and O–H groups in total. The molecule has 102 valence electrons. The Morgan fingerprint density at radius 1 is 1.16 bits per heavy atom. The smallest absolute Gasteiger partial charge is 0.127 e. The average Bonchev–Trinajstić information content (AvgIpc) is 2.67. The zero-order chi connectivity index (χ0) is 14.2. The highest BCUT2D eigenvalue weighted by Crippen LogP contribution is 2.34. The summed E-state index contributed by atoms with van der Waals surface area (Å²) >= 11 is 7.94. The van der Waals surface area contributed by atoms with Gasteiger partial charge >= 0.3 is 0 Å². The number of nitrogens with one attached hydrogen (secondary N) is 1. The van der Waals surface area contributed by atoms with E-state index in [1.54, 1.807) is 18.3 Å². The van der Waals surface area contributed by atoms with Gasteiger partial charge in [0.2, 0.25) is 0 Å². The summed E-state index contributed by atoms with van der Waals surface area (Å²) in [5, 5.41) is 3.73. The Morgan fingerprint density at radius 2 is 1.84 bits per heavy atom. The van der Waals surface area contributed by atoms with E-state index in [0.29, 0.717) is 10.6 Å². The summed E-state index contributed by atoms with van der Waals surface area (Å²) in [7, 11) is 1.89. The van der Waals surface area contributed by atoms with Gasteiger partial charge in [0.25, 0.3) is 0 Å². The average molecular weight is 298 g/mol. The van der Waals surface area contributed by atoms with Crippen LogP contribution in [0.15, 0.2) is 18.2 Å². The Bertz CT molecular complexity index is 587. The number of benzene rings is 1. The molecular weight excluding hydrogens is 281 g/mol. The van der Waals surface area contributed by atoms with Crippen LogP contribution in [0, 0.1) is 26.6 Å². The van der Waals surface area contributed by atoms with Crippen LogP contribution in [0.4, 0.5) is 4.39 Å². The van der Waals surface area contributed by atoms with Crippen LogP contribution < -0.4 is 5.32 Å². The predicted molar refractivity (Wildman–Crippen MR) is 80.8 cm³/mol. The molecule has 0 fully saturated rings. The minimum absolute atomic E-state index is 0.00389. The molecule has 2 rings (SSSR count). The second kappa shape index (κ2) is 5.61. The van der Waals surface area contributed by atoms with Gasteiger partial charge in [0.05, 0.1) is 6.04 Å². The second-order valence-electron chi connectivity index (χ2n) is 4.73. The molecular formula is C15H17ClFNS. The maximum absolute atomic E-state index is 13.5. The van der Waals surface area contributed by atoms with Crippen LogP contribution in [0.1, 0.15) is 32.5 Å². The summed E-state index contributed by atoms with van der Waals surface area (Å²) in [6.45, 7) is 5.96. The third-order valence-electron chi connectivity index (χ3n) is 3.35. The molecule has 0 aliphatic rings. The summed E-state index contributed by atoms with van der Waals surface area (Å²) in [4.78, 5) is 2.50. The van der Waals surface area contributed by atoms with E-state index in [2.05, 4.69) is 25.2 Å². The predicted octanol–water partition coefficient (Wildman–Crippen LogP) is 4.77. The van der Waals surface area contributed by atoms with Crippen LogP contribution >= 0.6 is 22.9 Å². The zero-order valence-corrected chi connectivity index (χ0v) is 13.0. The molecule has 1 aromatic carbocycles. The molecule has 2 aromatic rings. The standard InChI is InChI=1S/C15H17ClFNS/c1-8-6-14(19-10(8)3)15(18-4)11-5-9(2)13(17)7-12(11)16/h5-7,15,18H,1-4H3. The summed E-state index contributed by atoms with van der Waals surface area (Å²) in [6, 6.07) is 5.38. The molecule has 0 radical (unpaired) electrons. The topological polar surface area (TPSA) is 12.0 Å².